The summed E-state index contributed by atoms with van der Waals surface area (Å²) in [5, 5.41) is 0. The van der Waals surface area contributed by atoms with Crippen LogP contribution in [-0.4, -0.2) is 40.1 Å². The van der Waals surface area contributed by atoms with E-state index in [1.807, 2.05) is 18.2 Å². The van der Waals surface area contributed by atoms with Crippen molar-refractivity contribution in [1.29, 1.82) is 0 Å². The van der Waals surface area contributed by atoms with Gasteiger partial charge in [-0.05, 0) is 46.2 Å². The van der Waals surface area contributed by atoms with Crippen LogP contribution in [0.4, 0.5) is 0 Å². The Morgan fingerprint density at radius 1 is 0.440 bits per heavy atom. The molecule has 50 heavy (non-hydrogen) atoms. The van der Waals surface area contributed by atoms with Gasteiger partial charge < -0.3 is 9.47 Å². The number of aliphatic imine (C=N–C) groups is 2. The SMILES string of the molecule is CC(C)[C@@H]1N=C(c2cccc(C3=N[C@@H](C(C)C)C(Cc4ccccc4)(Cc4ccccc4)O3)n2)OC1(Cc1ccccc1)Cc1ccccc1. The molecule has 0 unspecified atom stereocenters. The van der Waals surface area contributed by atoms with Crippen LogP contribution >= 0.6 is 0 Å². The fraction of sp³-hybridized carbons (Fsp3) is 0.311. The molecule has 0 saturated carbocycles. The zero-order chi connectivity index (χ0) is 34.6. The summed E-state index contributed by atoms with van der Waals surface area (Å²) in [6.07, 6.45) is 2.97. The van der Waals surface area contributed by atoms with Crippen molar-refractivity contribution in [1.82, 2.24) is 4.98 Å². The Balaban J connectivity index is 1.23. The van der Waals surface area contributed by atoms with Crippen LogP contribution in [0.25, 0.3) is 0 Å². The van der Waals surface area contributed by atoms with E-state index in [4.69, 9.17) is 24.4 Å². The maximum Gasteiger partial charge on any atom is 0.236 e. The standard InChI is InChI=1S/C45H47N3O2/c1-32(2)40-44(28-34-18-9-5-10-19-34,29-35-20-11-6-12-21-35)49-42(47-40)38-26-17-27-39(46-38)43-48-41(33(3)4)45(50-43,30-36-22-13-7-14-23-36)31-37-24-15-8-16-25-37/h5-27,32-33,40-41H,28-31H2,1-4H3/t40-,41-/m0/s1. The minimum absolute atomic E-state index is 0.0573. The van der Waals surface area contributed by atoms with Crippen LogP contribution in [0.2, 0.25) is 0 Å². The van der Waals surface area contributed by atoms with Gasteiger partial charge >= 0.3 is 0 Å². The smallest absolute Gasteiger partial charge is 0.236 e. The van der Waals surface area contributed by atoms with Crippen molar-refractivity contribution in [3.8, 4) is 0 Å². The molecule has 5 heteroatoms. The summed E-state index contributed by atoms with van der Waals surface area (Å²) in [6.45, 7) is 8.95. The minimum atomic E-state index is -0.561. The maximum absolute atomic E-state index is 7.10. The molecule has 0 aliphatic carbocycles. The van der Waals surface area contributed by atoms with Gasteiger partial charge in [-0.1, -0.05) is 155 Å². The Bertz CT molecular complexity index is 1700. The Morgan fingerprint density at radius 3 is 1.02 bits per heavy atom. The summed E-state index contributed by atoms with van der Waals surface area (Å²) >= 11 is 0. The molecule has 4 aromatic carbocycles. The molecule has 0 fully saturated rings. The van der Waals surface area contributed by atoms with Gasteiger partial charge in [0, 0.05) is 25.7 Å². The summed E-state index contributed by atoms with van der Waals surface area (Å²) in [5.74, 6) is 1.68. The van der Waals surface area contributed by atoms with E-state index in [0.29, 0.717) is 23.2 Å². The molecule has 5 nitrogen and oxygen atoms in total. The molecule has 254 valence electrons. The highest BCUT2D eigenvalue weighted by molar-refractivity contribution is 5.98. The van der Waals surface area contributed by atoms with Crippen molar-refractivity contribution in [2.24, 2.45) is 21.8 Å². The van der Waals surface area contributed by atoms with E-state index in [-0.39, 0.29) is 23.9 Å². The number of ether oxygens (including phenoxy) is 2. The lowest BCUT2D eigenvalue weighted by atomic mass is 9.78. The van der Waals surface area contributed by atoms with Gasteiger partial charge in [0.2, 0.25) is 11.8 Å². The molecule has 0 amide bonds. The molecule has 3 heterocycles. The van der Waals surface area contributed by atoms with Gasteiger partial charge in [0.05, 0.1) is 12.1 Å². The second-order valence-corrected chi connectivity index (χ2v) is 14.6. The summed E-state index contributed by atoms with van der Waals surface area (Å²) in [6, 6.07) is 48.4. The van der Waals surface area contributed by atoms with Crippen LogP contribution < -0.4 is 0 Å². The highest BCUT2D eigenvalue weighted by Gasteiger charge is 2.50. The first-order valence-corrected chi connectivity index (χ1v) is 18.0. The van der Waals surface area contributed by atoms with E-state index in [1.165, 1.54) is 22.3 Å². The highest BCUT2D eigenvalue weighted by Crippen LogP contribution is 2.40. The Morgan fingerprint density at radius 2 is 0.740 bits per heavy atom. The number of pyridine rings is 1. The van der Waals surface area contributed by atoms with Gasteiger partial charge in [-0.3, -0.25) is 0 Å². The molecular weight excluding hydrogens is 615 g/mol. The van der Waals surface area contributed by atoms with E-state index in [9.17, 15) is 0 Å². The van der Waals surface area contributed by atoms with Gasteiger partial charge in [0.15, 0.2) is 0 Å². The summed E-state index contributed by atoms with van der Waals surface area (Å²) in [7, 11) is 0. The molecule has 0 bridgehead atoms. The predicted octanol–water partition coefficient (Wildman–Crippen LogP) is 9.13. The zero-order valence-electron chi connectivity index (χ0n) is 29.6. The third-order valence-corrected chi connectivity index (χ3v) is 10.0. The number of aromatic nitrogens is 1. The quantitative estimate of drug-likeness (QED) is 0.134. The van der Waals surface area contributed by atoms with E-state index in [0.717, 1.165) is 25.7 Å². The Kier molecular flexibility index (Phi) is 9.67. The van der Waals surface area contributed by atoms with Crippen molar-refractivity contribution in [3.63, 3.8) is 0 Å². The number of benzene rings is 4. The molecule has 0 spiro atoms. The van der Waals surface area contributed by atoms with Crippen LogP contribution in [-0.2, 0) is 35.2 Å². The third-order valence-electron chi connectivity index (χ3n) is 10.0. The highest BCUT2D eigenvalue weighted by atomic mass is 16.5. The lowest BCUT2D eigenvalue weighted by molar-refractivity contribution is 0.0420. The molecule has 2 aliphatic rings. The molecular formula is C45H47N3O2. The van der Waals surface area contributed by atoms with Crippen molar-refractivity contribution in [2.45, 2.75) is 76.7 Å². The van der Waals surface area contributed by atoms with E-state index in [1.54, 1.807) is 0 Å². The first-order valence-electron chi connectivity index (χ1n) is 18.0. The fourth-order valence-electron chi connectivity index (χ4n) is 7.92. The minimum Gasteiger partial charge on any atom is -0.467 e. The van der Waals surface area contributed by atoms with Gasteiger partial charge in [-0.2, -0.15) is 0 Å². The normalized spacial score (nSPS) is 19.2. The summed E-state index contributed by atoms with van der Waals surface area (Å²) < 4.78 is 14.2. The molecule has 2 atom stereocenters. The Labute approximate surface area is 297 Å². The van der Waals surface area contributed by atoms with Crippen molar-refractivity contribution in [2.75, 3.05) is 0 Å². The predicted molar refractivity (Wildman–Crippen MR) is 203 cm³/mol. The van der Waals surface area contributed by atoms with Crippen LogP contribution in [0.15, 0.2) is 150 Å². The van der Waals surface area contributed by atoms with E-state index in [2.05, 4.69) is 149 Å². The number of rotatable bonds is 12. The average molecular weight is 662 g/mol. The zero-order valence-corrected chi connectivity index (χ0v) is 29.6. The van der Waals surface area contributed by atoms with Crippen LogP contribution in [0.1, 0.15) is 61.3 Å². The molecule has 7 rings (SSSR count). The first kappa shape index (κ1) is 33.5. The van der Waals surface area contributed by atoms with Gasteiger partial charge in [0.1, 0.15) is 22.6 Å². The lowest BCUT2D eigenvalue weighted by Gasteiger charge is -2.36. The lowest BCUT2D eigenvalue weighted by Crippen LogP contribution is -2.47. The number of hydrogen-bond acceptors (Lipinski definition) is 5. The number of nitrogens with zero attached hydrogens (tertiary/aromatic N) is 3. The van der Waals surface area contributed by atoms with E-state index < -0.39 is 11.2 Å². The van der Waals surface area contributed by atoms with Crippen molar-refractivity contribution >= 4 is 11.8 Å². The van der Waals surface area contributed by atoms with Crippen LogP contribution in [0, 0.1) is 11.8 Å². The molecule has 0 N–H and O–H groups in total. The molecule has 2 aliphatic heterocycles. The second-order valence-electron chi connectivity index (χ2n) is 14.6. The summed E-state index contributed by atoms with van der Waals surface area (Å²) in [5.41, 5.74) is 5.20. The topological polar surface area (TPSA) is 56.1 Å². The summed E-state index contributed by atoms with van der Waals surface area (Å²) in [4.78, 5) is 15.8. The van der Waals surface area contributed by atoms with Gasteiger partial charge in [-0.15, -0.1) is 0 Å². The second kappa shape index (κ2) is 14.4. The average Bonchev–Trinajstić information content (AvgIpc) is 3.69. The molecule has 5 aromatic rings. The van der Waals surface area contributed by atoms with E-state index >= 15 is 0 Å². The Hall–Kier alpha value is -5.03. The molecule has 0 saturated heterocycles. The maximum atomic E-state index is 7.10. The fourth-order valence-corrected chi connectivity index (χ4v) is 7.92. The van der Waals surface area contributed by atoms with Crippen molar-refractivity contribution in [3.05, 3.63) is 173 Å². The number of hydrogen-bond donors (Lipinski definition) is 0. The first-order chi connectivity index (χ1) is 24.3. The van der Waals surface area contributed by atoms with Crippen LogP contribution in [0.5, 0.6) is 0 Å². The molecule has 0 radical (unpaired) electrons. The van der Waals surface area contributed by atoms with Gasteiger partial charge in [-0.25, -0.2) is 15.0 Å². The van der Waals surface area contributed by atoms with Crippen LogP contribution in [0.3, 0.4) is 0 Å². The third kappa shape index (κ3) is 7.14. The monoisotopic (exact) mass is 661 g/mol. The van der Waals surface area contributed by atoms with Crippen molar-refractivity contribution < 1.29 is 9.47 Å². The largest absolute Gasteiger partial charge is 0.467 e. The van der Waals surface area contributed by atoms with Gasteiger partial charge in [0.25, 0.3) is 0 Å². The molecule has 1 aromatic heterocycles.